The summed E-state index contributed by atoms with van der Waals surface area (Å²) in [4.78, 5) is 11.1. The third kappa shape index (κ3) is 1.86. The zero-order chi connectivity index (χ0) is 12.5. The predicted molar refractivity (Wildman–Crippen MR) is 72.0 cm³/mol. The van der Waals surface area contributed by atoms with Crippen molar-refractivity contribution in [2.24, 2.45) is 0 Å². The fraction of sp³-hybridized carbons (Fsp3) is 0.0769. The molecule has 5 nitrogen and oxygen atoms in total. The quantitative estimate of drug-likeness (QED) is 0.634. The van der Waals surface area contributed by atoms with Gasteiger partial charge in [-0.2, -0.15) is 4.98 Å². The lowest BCUT2D eigenvalue weighted by molar-refractivity contribution is 1.09. The van der Waals surface area contributed by atoms with E-state index in [4.69, 9.17) is 11.5 Å². The molecule has 0 aliphatic heterocycles. The second-order valence-corrected chi connectivity index (χ2v) is 4.21. The van der Waals surface area contributed by atoms with Gasteiger partial charge in [-0.3, -0.25) is 0 Å². The monoisotopic (exact) mass is 239 g/mol. The molecule has 5 N–H and O–H groups in total. The molecule has 18 heavy (non-hydrogen) atoms. The van der Waals surface area contributed by atoms with Gasteiger partial charge in [-0.15, -0.1) is 0 Å². The average Bonchev–Trinajstić information content (AvgIpc) is 2.80. The molecule has 0 saturated carbocycles. The van der Waals surface area contributed by atoms with E-state index in [1.54, 1.807) is 6.20 Å². The van der Waals surface area contributed by atoms with Gasteiger partial charge in [0.25, 0.3) is 0 Å². The maximum atomic E-state index is 5.82. The van der Waals surface area contributed by atoms with Crippen LogP contribution in [0.4, 0.5) is 11.8 Å². The first-order valence-corrected chi connectivity index (χ1v) is 5.65. The molecular weight excluding hydrogens is 226 g/mol. The zero-order valence-corrected chi connectivity index (χ0v) is 9.72. The summed E-state index contributed by atoms with van der Waals surface area (Å²) in [5.41, 5.74) is 14.5. The van der Waals surface area contributed by atoms with Crippen LogP contribution in [-0.2, 0) is 6.42 Å². The number of hydrogen-bond acceptors (Lipinski definition) is 4. The second kappa shape index (κ2) is 4.03. The number of benzene rings is 1. The molecule has 0 atom stereocenters. The van der Waals surface area contributed by atoms with Crippen molar-refractivity contribution in [1.82, 2.24) is 15.0 Å². The van der Waals surface area contributed by atoms with Crippen molar-refractivity contribution >= 4 is 22.7 Å². The summed E-state index contributed by atoms with van der Waals surface area (Å²) >= 11 is 0. The highest BCUT2D eigenvalue weighted by Gasteiger charge is 2.05. The van der Waals surface area contributed by atoms with Crippen LogP contribution in [0.5, 0.6) is 0 Å². The molecule has 0 aliphatic carbocycles. The number of hydrogen-bond donors (Lipinski definition) is 3. The average molecular weight is 239 g/mol. The number of nitrogens with zero attached hydrogens (tertiary/aromatic N) is 2. The maximum Gasteiger partial charge on any atom is 0.221 e. The predicted octanol–water partition coefficient (Wildman–Crippen LogP) is 1.71. The van der Waals surface area contributed by atoms with Gasteiger partial charge in [0, 0.05) is 29.9 Å². The Morgan fingerprint density at radius 3 is 2.89 bits per heavy atom. The van der Waals surface area contributed by atoms with Gasteiger partial charge < -0.3 is 16.5 Å². The molecule has 5 heteroatoms. The molecule has 0 amide bonds. The maximum absolute atomic E-state index is 5.82. The first kappa shape index (κ1) is 10.6. The minimum atomic E-state index is 0.205. The van der Waals surface area contributed by atoms with Crippen LogP contribution in [0, 0.1) is 0 Å². The highest BCUT2D eigenvalue weighted by molar-refractivity contribution is 5.80. The number of anilines is 2. The van der Waals surface area contributed by atoms with E-state index in [1.807, 2.05) is 12.3 Å². The molecule has 0 unspecified atom stereocenters. The summed E-state index contributed by atoms with van der Waals surface area (Å²) in [5.74, 6) is 0.644. The van der Waals surface area contributed by atoms with Crippen molar-refractivity contribution in [3.05, 3.63) is 47.8 Å². The van der Waals surface area contributed by atoms with E-state index in [2.05, 4.69) is 33.2 Å². The number of H-pyrrole nitrogens is 1. The highest BCUT2D eigenvalue weighted by Crippen LogP contribution is 2.18. The number of fused-ring (bicyclic) bond motifs is 1. The molecule has 0 bridgehead atoms. The van der Waals surface area contributed by atoms with Crippen LogP contribution in [0.25, 0.3) is 10.9 Å². The number of nitrogens with one attached hydrogen (secondary N) is 1. The van der Waals surface area contributed by atoms with E-state index < -0.39 is 0 Å². The van der Waals surface area contributed by atoms with Crippen molar-refractivity contribution in [1.29, 1.82) is 0 Å². The molecule has 0 fully saturated rings. The SMILES string of the molecule is Nc1ncc(Cc2ccc3cc[nH]c3c2)c(N)n1. The van der Waals surface area contributed by atoms with Crippen LogP contribution < -0.4 is 11.5 Å². The molecule has 0 saturated heterocycles. The van der Waals surface area contributed by atoms with Crippen molar-refractivity contribution in [3.8, 4) is 0 Å². The van der Waals surface area contributed by atoms with Gasteiger partial charge in [-0.05, 0) is 23.1 Å². The topological polar surface area (TPSA) is 93.6 Å². The molecule has 0 spiro atoms. The minimum absolute atomic E-state index is 0.205. The molecule has 3 rings (SSSR count). The number of rotatable bonds is 2. The van der Waals surface area contributed by atoms with Crippen molar-refractivity contribution < 1.29 is 0 Å². The van der Waals surface area contributed by atoms with E-state index in [1.165, 1.54) is 5.39 Å². The normalized spacial score (nSPS) is 10.9. The van der Waals surface area contributed by atoms with Crippen molar-refractivity contribution in [2.75, 3.05) is 11.5 Å². The fourth-order valence-electron chi connectivity index (χ4n) is 2.00. The lowest BCUT2D eigenvalue weighted by Gasteiger charge is -2.05. The Labute approximate surface area is 104 Å². The van der Waals surface area contributed by atoms with Crippen molar-refractivity contribution in [3.63, 3.8) is 0 Å². The van der Waals surface area contributed by atoms with E-state index in [0.717, 1.165) is 16.6 Å². The Morgan fingerprint density at radius 2 is 2.06 bits per heavy atom. The lowest BCUT2D eigenvalue weighted by atomic mass is 10.1. The molecular formula is C13H13N5. The Bertz CT molecular complexity index is 701. The Kier molecular flexibility index (Phi) is 2.37. The first-order valence-electron chi connectivity index (χ1n) is 5.65. The minimum Gasteiger partial charge on any atom is -0.383 e. The van der Waals surface area contributed by atoms with Gasteiger partial charge >= 0.3 is 0 Å². The van der Waals surface area contributed by atoms with Gasteiger partial charge in [0.15, 0.2) is 0 Å². The summed E-state index contributed by atoms with van der Waals surface area (Å²) in [6.07, 6.45) is 4.30. The molecule has 0 radical (unpaired) electrons. The van der Waals surface area contributed by atoms with Gasteiger partial charge in [-0.1, -0.05) is 12.1 Å². The number of aromatic amines is 1. The third-order valence-electron chi connectivity index (χ3n) is 2.93. The Morgan fingerprint density at radius 1 is 1.17 bits per heavy atom. The van der Waals surface area contributed by atoms with Crippen molar-refractivity contribution in [2.45, 2.75) is 6.42 Å². The zero-order valence-electron chi connectivity index (χ0n) is 9.72. The summed E-state index contributed by atoms with van der Waals surface area (Å²) in [6, 6.07) is 8.30. The molecule has 0 aliphatic rings. The molecule has 1 aromatic carbocycles. The first-order chi connectivity index (χ1) is 8.72. The number of aromatic nitrogens is 3. The fourth-order valence-corrected chi connectivity index (χ4v) is 2.00. The largest absolute Gasteiger partial charge is 0.383 e. The lowest BCUT2D eigenvalue weighted by Crippen LogP contribution is -2.03. The summed E-state index contributed by atoms with van der Waals surface area (Å²) in [5, 5.41) is 1.19. The summed E-state index contributed by atoms with van der Waals surface area (Å²) in [6.45, 7) is 0. The molecule has 2 heterocycles. The van der Waals surface area contributed by atoms with E-state index in [-0.39, 0.29) is 5.95 Å². The summed E-state index contributed by atoms with van der Waals surface area (Å²) < 4.78 is 0. The van der Waals surface area contributed by atoms with Gasteiger partial charge in [0.2, 0.25) is 5.95 Å². The van der Waals surface area contributed by atoms with Crippen LogP contribution >= 0.6 is 0 Å². The van der Waals surface area contributed by atoms with E-state index in [0.29, 0.717) is 12.2 Å². The van der Waals surface area contributed by atoms with Gasteiger partial charge in [0.1, 0.15) is 5.82 Å². The van der Waals surface area contributed by atoms with Crippen LogP contribution in [0.2, 0.25) is 0 Å². The number of nitrogens with two attached hydrogens (primary N) is 2. The van der Waals surface area contributed by atoms with E-state index >= 15 is 0 Å². The van der Waals surface area contributed by atoms with Crippen LogP contribution in [0.3, 0.4) is 0 Å². The van der Waals surface area contributed by atoms with Crippen LogP contribution in [0.1, 0.15) is 11.1 Å². The molecule has 90 valence electrons. The number of nitrogen functional groups attached to an aromatic ring is 2. The summed E-state index contributed by atoms with van der Waals surface area (Å²) in [7, 11) is 0. The van der Waals surface area contributed by atoms with Crippen LogP contribution in [0.15, 0.2) is 36.7 Å². The second-order valence-electron chi connectivity index (χ2n) is 4.21. The smallest absolute Gasteiger partial charge is 0.221 e. The van der Waals surface area contributed by atoms with Gasteiger partial charge in [0.05, 0.1) is 0 Å². The Balaban J connectivity index is 1.95. The Hall–Kier alpha value is -2.56. The third-order valence-corrected chi connectivity index (χ3v) is 2.93. The molecule has 2 aromatic heterocycles. The van der Waals surface area contributed by atoms with Crippen LogP contribution in [-0.4, -0.2) is 15.0 Å². The standard InChI is InChI=1S/C13H13N5/c14-12-10(7-17-13(15)18-12)5-8-1-2-9-3-4-16-11(9)6-8/h1-4,6-7,16H,5H2,(H4,14,15,17,18). The molecule has 3 aromatic rings. The van der Waals surface area contributed by atoms with Gasteiger partial charge in [-0.25, -0.2) is 4.98 Å². The highest BCUT2D eigenvalue weighted by atomic mass is 15.0. The van der Waals surface area contributed by atoms with E-state index in [9.17, 15) is 0 Å².